The van der Waals surface area contributed by atoms with Gasteiger partial charge in [-0.1, -0.05) is 12.1 Å². The summed E-state index contributed by atoms with van der Waals surface area (Å²) in [7, 11) is 2.11. The molecule has 1 aliphatic rings. The standard InChI is InChI=1S/C27H26FN5O/c1-32-6-8-33(9-7-32)27-14-19(4-5-30-27)26(34)16-25-13-21-10-18(2-3-20(21)17-31-25)22-11-23(28)15-24(29)12-22/h2-5,10-15,17H,6-9,16,29H2,1H3. The first-order chi connectivity index (χ1) is 16.4. The summed E-state index contributed by atoms with van der Waals surface area (Å²) in [5, 5.41) is 1.89. The predicted octanol–water partition coefficient (Wildman–Crippen LogP) is 4.20. The summed E-state index contributed by atoms with van der Waals surface area (Å²) in [6.07, 6.45) is 3.66. The molecule has 0 bridgehead atoms. The number of nitrogens with zero attached hydrogens (tertiary/aromatic N) is 4. The molecule has 0 amide bonds. The number of rotatable bonds is 5. The van der Waals surface area contributed by atoms with Crippen LogP contribution >= 0.6 is 0 Å². The van der Waals surface area contributed by atoms with Gasteiger partial charge in [-0.3, -0.25) is 9.78 Å². The Morgan fingerprint density at radius 1 is 0.941 bits per heavy atom. The summed E-state index contributed by atoms with van der Waals surface area (Å²) in [6.45, 7) is 3.75. The maximum absolute atomic E-state index is 13.8. The van der Waals surface area contributed by atoms with Gasteiger partial charge in [-0.05, 0) is 66.0 Å². The second kappa shape index (κ2) is 9.19. The van der Waals surface area contributed by atoms with Gasteiger partial charge in [0.25, 0.3) is 0 Å². The number of hydrogen-bond acceptors (Lipinski definition) is 6. The van der Waals surface area contributed by atoms with Crippen molar-refractivity contribution in [3.8, 4) is 11.1 Å². The molecule has 172 valence electrons. The Labute approximate surface area is 197 Å². The lowest BCUT2D eigenvalue weighted by Crippen LogP contribution is -2.44. The van der Waals surface area contributed by atoms with Crippen molar-refractivity contribution in [2.75, 3.05) is 43.9 Å². The minimum Gasteiger partial charge on any atom is -0.399 e. The van der Waals surface area contributed by atoms with Crippen LogP contribution in [-0.2, 0) is 6.42 Å². The number of carbonyl (C=O) groups excluding carboxylic acids is 1. The van der Waals surface area contributed by atoms with Crippen LogP contribution in [0.25, 0.3) is 21.9 Å². The first-order valence-electron chi connectivity index (χ1n) is 11.3. The quantitative estimate of drug-likeness (QED) is 0.359. The molecule has 6 nitrogen and oxygen atoms in total. The van der Waals surface area contributed by atoms with E-state index in [1.165, 1.54) is 12.1 Å². The molecule has 5 rings (SSSR count). The molecular formula is C27H26FN5O. The third-order valence-electron chi connectivity index (χ3n) is 6.27. The fourth-order valence-corrected chi connectivity index (χ4v) is 4.31. The van der Waals surface area contributed by atoms with E-state index >= 15 is 0 Å². The summed E-state index contributed by atoms with van der Waals surface area (Å²) in [4.78, 5) is 26.5. The number of fused-ring (bicyclic) bond motifs is 1. The molecular weight excluding hydrogens is 429 g/mol. The number of Topliss-reactive ketones (excluding diaryl/α,β-unsaturated/α-hetero) is 1. The van der Waals surface area contributed by atoms with Crippen molar-refractivity contribution < 1.29 is 9.18 Å². The number of piperazine rings is 1. The van der Waals surface area contributed by atoms with Crippen molar-refractivity contribution >= 4 is 28.1 Å². The van der Waals surface area contributed by atoms with Gasteiger partial charge < -0.3 is 15.5 Å². The molecule has 0 spiro atoms. The number of ketones is 1. The van der Waals surface area contributed by atoms with E-state index in [4.69, 9.17) is 5.73 Å². The summed E-state index contributed by atoms with van der Waals surface area (Å²) in [5.74, 6) is 0.465. The zero-order valence-corrected chi connectivity index (χ0v) is 19.0. The number of nitrogen functional groups attached to an aromatic ring is 1. The zero-order chi connectivity index (χ0) is 23.7. The van der Waals surface area contributed by atoms with Crippen LogP contribution in [0.4, 0.5) is 15.9 Å². The molecule has 4 aromatic rings. The number of hydrogen-bond donors (Lipinski definition) is 1. The van der Waals surface area contributed by atoms with Gasteiger partial charge in [-0.2, -0.15) is 0 Å². The highest BCUT2D eigenvalue weighted by atomic mass is 19.1. The fraction of sp³-hybridized carbons (Fsp3) is 0.222. The summed E-state index contributed by atoms with van der Waals surface area (Å²) in [6, 6.07) is 15.9. The molecule has 0 aliphatic carbocycles. The van der Waals surface area contributed by atoms with E-state index in [0.717, 1.165) is 48.3 Å². The Hall–Kier alpha value is -3.84. The molecule has 0 unspecified atom stereocenters. The molecule has 2 N–H and O–H groups in total. The van der Waals surface area contributed by atoms with Gasteiger partial charge in [0.2, 0.25) is 0 Å². The largest absolute Gasteiger partial charge is 0.399 e. The third-order valence-corrected chi connectivity index (χ3v) is 6.27. The van der Waals surface area contributed by atoms with Crippen LogP contribution < -0.4 is 10.6 Å². The third kappa shape index (κ3) is 4.75. The average molecular weight is 456 g/mol. The Morgan fingerprint density at radius 2 is 1.76 bits per heavy atom. The molecule has 1 fully saturated rings. The van der Waals surface area contributed by atoms with Gasteiger partial charge in [-0.25, -0.2) is 9.37 Å². The zero-order valence-electron chi connectivity index (χ0n) is 19.0. The van der Waals surface area contributed by atoms with E-state index in [1.54, 1.807) is 24.5 Å². The number of likely N-dealkylation sites (N-methyl/N-ethyl adjacent to an activating group) is 1. The Morgan fingerprint density at radius 3 is 2.56 bits per heavy atom. The lowest BCUT2D eigenvalue weighted by Gasteiger charge is -2.33. The van der Waals surface area contributed by atoms with E-state index in [2.05, 4.69) is 26.8 Å². The van der Waals surface area contributed by atoms with Gasteiger partial charge in [0.05, 0.1) is 6.42 Å². The van der Waals surface area contributed by atoms with Gasteiger partial charge >= 0.3 is 0 Å². The van der Waals surface area contributed by atoms with Crippen LogP contribution in [0.2, 0.25) is 0 Å². The Balaban J connectivity index is 1.37. The van der Waals surface area contributed by atoms with E-state index < -0.39 is 0 Å². The van der Waals surface area contributed by atoms with Crippen molar-refractivity contribution in [1.82, 2.24) is 14.9 Å². The molecule has 0 atom stereocenters. The van der Waals surface area contributed by atoms with Crippen LogP contribution in [-0.4, -0.2) is 53.9 Å². The number of carbonyl (C=O) groups is 1. The first kappa shape index (κ1) is 22.0. The average Bonchev–Trinajstić information content (AvgIpc) is 2.83. The van der Waals surface area contributed by atoms with Crippen LogP contribution in [0.3, 0.4) is 0 Å². The second-order valence-electron chi connectivity index (χ2n) is 8.80. The number of benzene rings is 2. The highest BCUT2D eigenvalue weighted by molar-refractivity contribution is 5.98. The molecule has 34 heavy (non-hydrogen) atoms. The van der Waals surface area contributed by atoms with E-state index in [-0.39, 0.29) is 18.0 Å². The molecule has 2 aromatic heterocycles. The lowest BCUT2D eigenvalue weighted by molar-refractivity contribution is 0.0992. The first-order valence-corrected chi connectivity index (χ1v) is 11.3. The molecule has 2 aromatic carbocycles. The fourth-order valence-electron chi connectivity index (χ4n) is 4.31. The van der Waals surface area contributed by atoms with Crippen LogP contribution in [0.15, 0.2) is 67.0 Å². The van der Waals surface area contributed by atoms with Crippen molar-refractivity contribution in [2.24, 2.45) is 0 Å². The highest BCUT2D eigenvalue weighted by Gasteiger charge is 2.17. The molecule has 1 saturated heterocycles. The van der Waals surface area contributed by atoms with Gasteiger partial charge in [0.15, 0.2) is 5.78 Å². The molecule has 0 saturated carbocycles. The van der Waals surface area contributed by atoms with Gasteiger partial charge in [0, 0.05) is 60.9 Å². The number of halogens is 1. The van der Waals surface area contributed by atoms with Crippen molar-refractivity contribution in [3.05, 3.63) is 84.1 Å². The van der Waals surface area contributed by atoms with Crippen LogP contribution in [0.5, 0.6) is 0 Å². The smallest absolute Gasteiger partial charge is 0.169 e. The minimum atomic E-state index is -0.371. The van der Waals surface area contributed by atoms with Crippen molar-refractivity contribution in [3.63, 3.8) is 0 Å². The maximum atomic E-state index is 13.8. The van der Waals surface area contributed by atoms with Crippen LogP contribution in [0.1, 0.15) is 16.1 Å². The van der Waals surface area contributed by atoms with Crippen molar-refractivity contribution in [2.45, 2.75) is 6.42 Å². The van der Waals surface area contributed by atoms with E-state index in [0.29, 0.717) is 22.5 Å². The summed E-state index contributed by atoms with van der Waals surface area (Å²) in [5.41, 5.74) is 9.08. The van der Waals surface area contributed by atoms with E-state index in [9.17, 15) is 9.18 Å². The van der Waals surface area contributed by atoms with Crippen LogP contribution in [0, 0.1) is 5.82 Å². The second-order valence-corrected chi connectivity index (χ2v) is 8.80. The summed E-state index contributed by atoms with van der Waals surface area (Å²) >= 11 is 0. The van der Waals surface area contributed by atoms with Gasteiger partial charge in [0.1, 0.15) is 11.6 Å². The lowest BCUT2D eigenvalue weighted by atomic mass is 10.00. The number of nitrogens with two attached hydrogens (primary N) is 1. The Bertz CT molecular complexity index is 1340. The molecule has 1 aliphatic heterocycles. The molecule has 0 radical (unpaired) electrons. The minimum absolute atomic E-state index is 0.00122. The molecule has 7 heteroatoms. The van der Waals surface area contributed by atoms with Crippen molar-refractivity contribution in [1.29, 1.82) is 0 Å². The number of aromatic nitrogens is 2. The maximum Gasteiger partial charge on any atom is 0.169 e. The predicted molar refractivity (Wildman–Crippen MR) is 134 cm³/mol. The normalized spacial score (nSPS) is 14.5. The monoisotopic (exact) mass is 455 g/mol. The Kier molecular flexibility index (Phi) is 5.94. The summed E-state index contributed by atoms with van der Waals surface area (Å²) < 4.78 is 13.8. The molecule has 3 heterocycles. The SMILES string of the molecule is CN1CCN(c2cc(C(=O)Cc3cc4cc(-c5cc(N)cc(F)c5)ccc4cn3)ccn2)CC1. The van der Waals surface area contributed by atoms with E-state index in [1.807, 2.05) is 30.3 Å². The highest BCUT2D eigenvalue weighted by Crippen LogP contribution is 2.27. The number of anilines is 2. The topological polar surface area (TPSA) is 75.3 Å². The van der Waals surface area contributed by atoms with Gasteiger partial charge in [-0.15, -0.1) is 0 Å². The number of pyridine rings is 2.